The highest BCUT2D eigenvalue weighted by atomic mass is 19.4. The Morgan fingerprint density at radius 3 is 2.30 bits per heavy atom. The molecule has 0 unspecified atom stereocenters. The van der Waals surface area contributed by atoms with Crippen molar-refractivity contribution in [1.82, 2.24) is 9.80 Å². The van der Waals surface area contributed by atoms with Crippen LogP contribution in [0.3, 0.4) is 0 Å². The van der Waals surface area contributed by atoms with E-state index in [4.69, 9.17) is 5.26 Å². The highest BCUT2D eigenvalue weighted by Crippen LogP contribution is 2.48. The first-order chi connectivity index (χ1) is 17.5. The maximum atomic E-state index is 14.8. The summed E-state index contributed by atoms with van der Waals surface area (Å²) >= 11 is 0. The monoisotopic (exact) mass is 514 g/mol. The molecule has 2 aromatic rings. The van der Waals surface area contributed by atoms with E-state index in [9.17, 15) is 31.9 Å². The van der Waals surface area contributed by atoms with Crippen molar-refractivity contribution in [1.29, 1.82) is 5.26 Å². The van der Waals surface area contributed by atoms with Crippen LogP contribution in [0.15, 0.2) is 42.5 Å². The number of alkyl halides is 3. The smallest absolute Gasteiger partial charge is 0.342 e. The number of anilines is 1. The normalized spacial score (nSPS) is 23.5. The third-order valence-electron chi connectivity index (χ3n) is 7.43. The molecule has 2 saturated heterocycles. The second-order valence-electron chi connectivity index (χ2n) is 9.66. The first-order valence-electron chi connectivity index (χ1n) is 11.8. The zero-order valence-corrected chi connectivity index (χ0v) is 19.6. The summed E-state index contributed by atoms with van der Waals surface area (Å²) in [5.41, 5.74) is -1.96. The molecule has 5 rings (SSSR count). The zero-order chi connectivity index (χ0) is 26.5. The van der Waals surface area contributed by atoms with E-state index in [2.05, 4.69) is 0 Å². The Bertz CT molecular complexity index is 1310. The van der Waals surface area contributed by atoms with Crippen molar-refractivity contribution in [3.05, 3.63) is 65.0 Å². The van der Waals surface area contributed by atoms with Gasteiger partial charge in [0.05, 0.1) is 22.9 Å². The van der Waals surface area contributed by atoms with Gasteiger partial charge >= 0.3 is 6.18 Å². The van der Waals surface area contributed by atoms with Crippen LogP contribution in [-0.2, 0) is 27.1 Å². The van der Waals surface area contributed by atoms with Gasteiger partial charge in [-0.1, -0.05) is 12.1 Å². The third kappa shape index (κ3) is 4.20. The highest BCUT2D eigenvalue weighted by Gasteiger charge is 2.62. The molecule has 1 saturated carbocycles. The predicted octanol–water partition coefficient (Wildman–Crippen LogP) is 3.47. The molecule has 2 aliphatic heterocycles. The highest BCUT2D eigenvalue weighted by molar-refractivity contribution is 6.10. The fourth-order valence-electron chi connectivity index (χ4n) is 5.23. The predicted molar refractivity (Wildman–Crippen MR) is 122 cm³/mol. The second-order valence-corrected chi connectivity index (χ2v) is 9.66. The summed E-state index contributed by atoms with van der Waals surface area (Å²) in [6, 6.07) is 9.72. The van der Waals surface area contributed by atoms with Crippen LogP contribution in [0.1, 0.15) is 36.0 Å². The largest absolute Gasteiger partial charge is 0.416 e. The number of amides is 3. The Balaban J connectivity index is 1.46. The van der Waals surface area contributed by atoms with Crippen molar-refractivity contribution < 1.29 is 31.9 Å². The number of carbonyl (C=O) groups is 3. The van der Waals surface area contributed by atoms with E-state index >= 15 is 0 Å². The van der Waals surface area contributed by atoms with E-state index in [0.29, 0.717) is 18.7 Å². The van der Waals surface area contributed by atoms with Crippen molar-refractivity contribution in [2.45, 2.75) is 37.5 Å². The fourth-order valence-corrected chi connectivity index (χ4v) is 5.23. The van der Waals surface area contributed by atoms with Crippen molar-refractivity contribution in [2.75, 3.05) is 24.5 Å². The molecular weight excluding hydrogens is 492 g/mol. The molecule has 0 radical (unpaired) electrons. The summed E-state index contributed by atoms with van der Waals surface area (Å²) < 4.78 is 53.8. The molecule has 0 atom stereocenters. The summed E-state index contributed by atoms with van der Waals surface area (Å²) in [5.74, 6) is -2.50. The van der Waals surface area contributed by atoms with Crippen LogP contribution in [0.2, 0.25) is 0 Å². The lowest BCUT2D eigenvalue weighted by Crippen LogP contribution is -2.74. The third-order valence-corrected chi connectivity index (χ3v) is 7.43. The molecule has 1 spiro atoms. The topological polar surface area (TPSA) is 84.7 Å². The van der Waals surface area contributed by atoms with Gasteiger partial charge in [0.25, 0.3) is 5.91 Å². The van der Waals surface area contributed by atoms with Crippen LogP contribution in [0.25, 0.3) is 0 Å². The van der Waals surface area contributed by atoms with Gasteiger partial charge in [-0.25, -0.2) is 4.39 Å². The van der Waals surface area contributed by atoms with E-state index in [0.717, 1.165) is 29.5 Å². The second kappa shape index (κ2) is 8.87. The minimum atomic E-state index is -4.51. The van der Waals surface area contributed by atoms with Crippen LogP contribution in [0.5, 0.6) is 0 Å². The van der Waals surface area contributed by atoms with Gasteiger partial charge in [-0.05, 0) is 55.2 Å². The molecule has 1 aliphatic carbocycles. The van der Waals surface area contributed by atoms with Crippen LogP contribution in [-0.4, -0.2) is 52.7 Å². The molecule has 0 N–H and O–H groups in total. The molecule has 3 fully saturated rings. The maximum Gasteiger partial charge on any atom is 0.416 e. The van der Waals surface area contributed by atoms with Crippen molar-refractivity contribution in [3.63, 3.8) is 0 Å². The average Bonchev–Trinajstić information content (AvgIpc) is 2.79. The lowest BCUT2D eigenvalue weighted by Gasteiger charge is -2.57. The van der Waals surface area contributed by atoms with Gasteiger partial charge in [-0.3, -0.25) is 19.3 Å². The molecule has 7 nitrogen and oxygen atoms in total. The molecule has 3 aliphatic rings. The summed E-state index contributed by atoms with van der Waals surface area (Å²) in [4.78, 5) is 44.0. The summed E-state index contributed by atoms with van der Waals surface area (Å²) in [5, 5.41) is 9.02. The quantitative estimate of drug-likeness (QED) is 0.585. The number of nitrogens with zero attached hydrogens (tertiary/aromatic N) is 4. The van der Waals surface area contributed by atoms with Gasteiger partial charge in [0.2, 0.25) is 11.8 Å². The molecule has 2 heterocycles. The zero-order valence-electron chi connectivity index (χ0n) is 19.6. The molecule has 0 bridgehead atoms. The molecule has 3 amide bonds. The standard InChI is InChI=1S/C26H22F4N4O3/c27-20-10-17(13-31)4-7-21(20)33-15-22(35)34(14-16-2-5-19(6-3-16)26(28,29)30)25(24(33)37)11-18(12-25)23(36)32-8-1-9-32/h2-7,10,18H,1,8-9,11-12,14-15H2/t18-,25-. The van der Waals surface area contributed by atoms with Crippen LogP contribution in [0, 0.1) is 23.1 Å². The van der Waals surface area contributed by atoms with E-state index in [1.807, 2.05) is 6.07 Å². The maximum absolute atomic E-state index is 14.8. The lowest BCUT2D eigenvalue weighted by molar-refractivity contribution is -0.168. The molecular formula is C26H22F4N4O3. The van der Waals surface area contributed by atoms with E-state index in [-0.39, 0.29) is 36.5 Å². The summed E-state index contributed by atoms with van der Waals surface area (Å²) in [6.45, 7) is 0.659. The summed E-state index contributed by atoms with van der Waals surface area (Å²) in [7, 11) is 0. The Morgan fingerprint density at radius 1 is 1.08 bits per heavy atom. The number of piperazine rings is 1. The molecule has 0 aromatic heterocycles. The van der Waals surface area contributed by atoms with Crippen molar-refractivity contribution >= 4 is 23.4 Å². The Hall–Kier alpha value is -3.94. The van der Waals surface area contributed by atoms with Crippen molar-refractivity contribution in [2.24, 2.45) is 5.92 Å². The fraction of sp³-hybridized carbons (Fsp3) is 0.385. The number of halogens is 4. The van der Waals surface area contributed by atoms with Gasteiger partial charge in [0, 0.05) is 25.6 Å². The molecule has 11 heteroatoms. The molecule has 2 aromatic carbocycles. The van der Waals surface area contributed by atoms with Gasteiger partial charge in [0.15, 0.2) is 0 Å². The van der Waals surface area contributed by atoms with Gasteiger partial charge in [-0.15, -0.1) is 0 Å². The first-order valence-corrected chi connectivity index (χ1v) is 11.8. The van der Waals surface area contributed by atoms with E-state index < -0.39 is 47.4 Å². The van der Waals surface area contributed by atoms with Gasteiger partial charge in [0.1, 0.15) is 17.9 Å². The number of likely N-dealkylation sites (tertiary alicyclic amines) is 1. The molecule has 37 heavy (non-hydrogen) atoms. The Labute approximate surface area is 209 Å². The average molecular weight is 514 g/mol. The lowest BCUT2D eigenvalue weighted by atomic mass is 9.64. The minimum absolute atomic E-state index is 0.0436. The summed E-state index contributed by atoms with van der Waals surface area (Å²) in [6.07, 6.45) is -3.53. The van der Waals surface area contributed by atoms with E-state index in [1.165, 1.54) is 29.2 Å². The first kappa shape index (κ1) is 24.7. The molecule has 192 valence electrons. The van der Waals surface area contributed by atoms with Crippen LogP contribution < -0.4 is 4.90 Å². The number of hydrogen-bond donors (Lipinski definition) is 0. The Morgan fingerprint density at radius 2 is 1.76 bits per heavy atom. The van der Waals surface area contributed by atoms with Gasteiger partial charge < -0.3 is 9.80 Å². The van der Waals surface area contributed by atoms with Crippen LogP contribution >= 0.6 is 0 Å². The SMILES string of the molecule is N#Cc1ccc(N2CC(=O)N(Cc3ccc(C(F)(F)F)cc3)[C@]3(C[C@H](C(=O)N4CCC4)C3)C2=O)c(F)c1. The number of nitriles is 1. The van der Waals surface area contributed by atoms with Crippen molar-refractivity contribution in [3.8, 4) is 6.07 Å². The number of carbonyl (C=O) groups excluding carboxylic acids is 3. The van der Waals surface area contributed by atoms with Gasteiger partial charge in [-0.2, -0.15) is 18.4 Å². The minimum Gasteiger partial charge on any atom is -0.342 e. The Kier molecular flexibility index (Phi) is 5.93. The number of rotatable bonds is 4. The number of hydrogen-bond acceptors (Lipinski definition) is 4. The van der Waals surface area contributed by atoms with E-state index in [1.54, 1.807) is 4.90 Å². The van der Waals surface area contributed by atoms with Crippen LogP contribution in [0.4, 0.5) is 23.2 Å². The number of benzene rings is 2.